The number of nitriles is 1. The Hall–Kier alpha value is -4.18. The zero-order chi connectivity index (χ0) is 19.8. The Morgan fingerprint density at radius 3 is 2.43 bits per heavy atom. The van der Waals surface area contributed by atoms with Crippen molar-refractivity contribution in [2.75, 3.05) is 0 Å². The summed E-state index contributed by atoms with van der Waals surface area (Å²) >= 11 is 0. The smallest absolute Gasteiger partial charge is 0.271 e. The van der Waals surface area contributed by atoms with Crippen LogP contribution in [0.15, 0.2) is 60.7 Å². The van der Waals surface area contributed by atoms with Gasteiger partial charge in [-0.25, -0.2) is 9.37 Å². The first kappa shape index (κ1) is 17.2. The van der Waals surface area contributed by atoms with Crippen molar-refractivity contribution in [1.82, 2.24) is 9.55 Å². The number of aromatic hydroxyl groups is 1. The fourth-order valence-electron chi connectivity index (χ4n) is 3.20. The van der Waals surface area contributed by atoms with Crippen molar-refractivity contribution < 1.29 is 14.3 Å². The van der Waals surface area contributed by atoms with E-state index < -0.39 is 11.7 Å². The number of primary amides is 1. The molecule has 4 aromatic rings. The molecule has 0 aliphatic carbocycles. The van der Waals surface area contributed by atoms with Gasteiger partial charge in [0.1, 0.15) is 11.9 Å². The number of amides is 1. The van der Waals surface area contributed by atoms with E-state index in [0.29, 0.717) is 22.5 Å². The Bertz CT molecular complexity index is 1260. The molecule has 0 spiro atoms. The lowest BCUT2D eigenvalue weighted by molar-refractivity contribution is 0.0993. The van der Waals surface area contributed by atoms with E-state index in [1.165, 1.54) is 12.1 Å². The number of benzene rings is 2. The lowest BCUT2D eigenvalue weighted by Crippen LogP contribution is -2.14. The molecule has 0 atom stereocenters. The van der Waals surface area contributed by atoms with Gasteiger partial charge in [0.15, 0.2) is 17.1 Å². The third kappa shape index (κ3) is 2.64. The number of nitrogens with zero attached hydrogens (tertiary/aromatic N) is 3. The van der Waals surface area contributed by atoms with Crippen LogP contribution >= 0.6 is 0 Å². The fraction of sp³-hybridized carbons (Fsp3) is 0. The summed E-state index contributed by atoms with van der Waals surface area (Å²) in [5.41, 5.74) is 7.15. The molecule has 0 aliphatic rings. The van der Waals surface area contributed by atoms with Crippen molar-refractivity contribution in [1.29, 1.82) is 5.26 Å². The van der Waals surface area contributed by atoms with Crippen molar-refractivity contribution >= 4 is 16.8 Å². The summed E-state index contributed by atoms with van der Waals surface area (Å²) in [5.74, 6) is -1.73. The van der Waals surface area contributed by atoms with E-state index >= 15 is 0 Å². The quantitative estimate of drug-likeness (QED) is 0.574. The Morgan fingerprint density at radius 2 is 1.82 bits per heavy atom. The molecule has 6 nitrogen and oxygen atoms in total. The zero-order valence-electron chi connectivity index (χ0n) is 14.4. The van der Waals surface area contributed by atoms with Gasteiger partial charge in [-0.05, 0) is 48.0 Å². The van der Waals surface area contributed by atoms with Gasteiger partial charge in [-0.3, -0.25) is 4.79 Å². The number of aromatic nitrogens is 2. The van der Waals surface area contributed by atoms with Crippen LogP contribution in [-0.4, -0.2) is 20.6 Å². The first-order valence-corrected chi connectivity index (χ1v) is 8.31. The van der Waals surface area contributed by atoms with Crippen LogP contribution < -0.4 is 5.73 Å². The summed E-state index contributed by atoms with van der Waals surface area (Å²) < 4.78 is 15.1. The third-order valence-corrected chi connectivity index (χ3v) is 4.42. The number of hydrogen-bond donors (Lipinski definition) is 2. The maximum absolute atomic E-state index is 13.4. The predicted octanol–water partition coefficient (Wildman–Crippen LogP) is 3.51. The van der Waals surface area contributed by atoms with Crippen molar-refractivity contribution in [2.24, 2.45) is 5.73 Å². The first-order chi connectivity index (χ1) is 13.5. The van der Waals surface area contributed by atoms with Gasteiger partial charge in [0, 0.05) is 11.1 Å². The number of nitrogens with two attached hydrogens (primary N) is 1. The summed E-state index contributed by atoms with van der Waals surface area (Å²) in [5, 5.41) is 20.4. The Labute approximate surface area is 158 Å². The second-order valence-electron chi connectivity index (χ2n) is 6.10. The van der Waals surface area contributed by atoms with Crippen LogP contribution in [0.2, 0.25) is 0 Å². The number of para-hydroxylation sites is 1. The minimum absolute atomic E-state index is 0.0567. The highest BCUT2D eigenvalue weighted by molar-refractivity contribution is 6.04. The van der Waals surface area contributed by atoms with Crippen LogP contribution in [0.25, 0.3) is 27.8 Å². The summed E-state index contributed by atoms with van der Waals surface area (Å²) in [6.07, 6.45) is 0. The van der Waals surface area contributed by atoms with Crippen LogP contribution in [0, 0.1) is 17.1 Å². The molecular weight excluding hydrogens is 359 g/mol. The molecule has 28 heavy (non-hydrogen) atoms. The van der Waals surface area contributed by atoms with E-state index in [4.69, 9.17) is 5.73 Å². The summed E-state index contributed by atoms with van der Waals surface area (Å²) in [7, 11) is 0. The van der Waals surface area contributed by atoms with Crippen LogP contribution in [0.1, 0.15) is 16.2 Å². The van der Waals surface area contributed by atoms with Gasteiger partial charge in [-0.2, -0.15) is 5.26 Å². The lowest BCUT2D eigenvalue weighted by Gasteiger charge is -2.12. The van der Waals surface area contributed by atoms with Crippen LogP contribution in [0.5, 0.6) is 5.75 Å². The highest BCUT2D eigenvalue weighted by Gasteiger charge is 2.23. The van der Waals surface area contributed by atoms with E-state index in [-0.39, 0.29) is 22.6 Å². The van der Waals surface area contributed by atoms with Gasteiger partial charge in [-0.1, -0.05) is 18.2 Å². The first-order valence-electron chi connectivity index (χ1n) is 8.31. The molecule has 0 saturated carbocycles. The van der Waals surface area contributed by atoms with E-state index in [2.05, 4.69) is 4.98 Å². The number of hydrogen-bond acceptors (Lipinski definition) is 4. The second kappa shape index (κ2) is 6.52. The van der Waals surface area contributed by atoms with Crippen LogP contribution in [0.3, 0.4) is 0 Å². The van der Waals surface area contributed by atoms with E-state index in [9.17, 15) is 19.6 Å². The number of fused-ring (bicyclic) bond motifs is 1. The van der Waals surface area contributed by atoms with Crippen LogP contribution in [-0.2, 0) is 0 Å². The predicted molar refractivity (Wildman–Crippen MR) is 101 cm³/mol. The fourth-order valence-corrected chi connectivity index (χ4v) is 3.20. The number of pyridine rings is 1. The molecule has 2 aromatic carbocycles. The van der Waals surface area contributed by atoms with Gasteiger partial charge in [0.2, 0.25) is 0 Å². The maximum Gasteiger partial charge on any atom is 0.271 e. The average Bonchev–Trinajstić information content (AvgIpc) is 3.10. The molecule has 3 N–H and O–H groups in total. The normalized spacial score (nSPS) is 10.7. The molecule has 0 aliphatic heterocycles. The van der Waals surface area contributed by atoms with E-state index in [0.717, 1.165) is 0 Å². The molecule has 2 heterocycles. The molecule has 136 valence electrons. The molecule has 0 bridgehead atoms. The minimum atomic E-state index is -0.938. The molecule has 7 heteroatoms. The molecule has 0 fully saturated rings. The Kier molecular flexibility index (Phi) is 4.02. The molecule has 0 saturated heterocycles. The van der Waals surface area contributed by atoms with Gasteiger partial charge in [0.25, 0.3) is 5.91 Å². The molecule has 2 aromatic heterocycles. The largest absolute Gasteiger partial charge is 0.505 e. The zero-order valence-corrected chi connectivity index (χ0v) is 14.4. The Balaban J connectivity index is 2.17. The highest BCUT2D eigenvalue weighted by atomic mass is 19.1. The van der Waals surface area contributed by atoms with Gasteiger partial charge >= 0.3 is 0 Å². The number of halogens is 1. The van der Waals surface area contributed by atoms with Crippen molar-refractivity contribution in [3.63, 3.8) is 0 Å². The highest BCUT2D eigenvalue weighted by Crippen LogP contribution is 2.38. The van der Waals surface area contributed by atoms with Gasteiger partial charge in [0.05, 0.1) is 11.2 Å². The number of rotatable bonds is 3. The van der Waals surface area contributed by atoms with Crippen molar-refractivity contribution in [2.45, 2.75) is 0 Å². The molecule has 1 amide bonds. The molecular formula is C21H13FN4O2. The van der Waals surface area contributed by atoms with Crippen molar-refractivity contribution in [3.05, 3.63) is 77.9 Å². The third-order valence-electron chi connectivity index (χ3n) is 4.42. The number of carbonyl (C=O) groups excluding carboxylic acids is 1. The maximum atomic E-state index is 13.4. The standard InChI is InChI=1S/C21H13FN4O2/c22-13-8-6-12(7-9-13)17-10-15-19(26(17)14-4-2-1-3-5-14)16(11-23)25-18(20(15)27)21(24)28/h1-10,27H,(H2,24,28). The molecule has 0 radical (unpaired) electrons. The molecule has 4 rings (SSSR count). The van der Waals surface area contributed by atoms with Gasteiger partial charge < -0.3 is 15.4 Å². The number of carbonyl (C=O) groups is 1. The monoisotopic (exact) mass is 372 g/mol. The second-order valence-corrected chi connectivity index (χ2v) is 6.10. The summed E-state index contributed by atoms with van der Waals surface area (Å²) in [4.78, 5) is 15.6. The average molecular weight is 372 g/mol. The lowest BCUT2D eigenvalue weighted by atomic mass is 10.1. The van der Waals surface area contributed by atoms with Gasteiger partial charge in [-0.15, -0.1) is 0 Å². The van der Waals surface area contributed by atoms with Crippen LogP contribution in [0.4, 0.5) is 4.39 Å². The van der Waals surface area contributed by atoms with E-state index in [1.54, 1.807) is 22.8 Å². The van der Waals surface area contributed by atoms with E-state index in [1.807, 2.05) is 36.4 Å². The SMILES string of the molecule is N#Cc1nc(C(N)=O)c(O)c2cc(-c3ccc(F)cc3)n(-c3ccccc3)c12. The topological polar surface area (TPSA) is 105 Å². The molecule has 0 unspecified atom stereocenters. The Morgan fingerprint density at radius 1 is 1.14 bits per heavy atom. The summed E-state index contributed by atoms with van der Waals surface area (Å²) in [6, 6.07) is 18.6. The minimum Gasteiger partial charge on any atom is -0.505 e. The summed E-state index contributed by atoms with van der Waals surface area (Å²) in [6.45, 7) is 0. The van der Waals surface area contributed by atoms with Crippen molar-refractivity contribution in [3.8, 4) is 28.8 Å².